The molecule has 0 saturated carbocycles. The number of nitrogens with zero attached hydrogens (tertiary/aromatic N) is 2. The van der Waals surface area contributed by atoms with Gasteiger partial charge in [-0.05, 0) is 94.0 Å². The molecule has 0 amide bonds. The molecule has 3 nitrogen and oxygen atoms in total. The topological polar surface area (TPSA) is 21.3 Å². The van der Waals surface area contributed by atoms with Crippen LogP contribution >= 0.6 is 0 Å². The Balaban J connectivity index is 1.03. The first-order chi connectivity index (χ1) is 29.3. The van der Waals surface area contributed by atoms with E-state index in [1.807, 2.05) is 0 Å². The molecule has 11 aromatic rings. The van der Waals surface area contributed by atoms with Crippen LogP contribution in [0.2, 0.25) is 0 Å². The Kier molecular flexibility index (Phi) is 8.49. The minimum atomic E-state index is 0.887. The van der Waals surface area contributed by atoms with E-state index in [2.05, 4.69) is 240 Å². The van der Waals surface area contributed by atoms with Gasteiger partial charge in [0.25, 0.3) is 0 Å². The number of para-hydroxylation sites is 4. The minimum Gasteiger partial charge on any atom is -0.453 e. The van der Waals surface area contributed by atoms with E-state index >= 15 is 0 Å². The van der Waals surface area contributed by atoms with E-state index in [9.17, 15) is 0 Å². The van der Waals surface area contributed by atoms with Gasteiger partial charge in [0.05, 0.1) is 11.2 Å². The van der Waals surface area contributed by atoms with Crippen LogP contribution in [0.4, 0.5) is 17.1 Å². The van der Waals surface area contributed by atoms with Gasteiger partial charge in [0.15, 0.2) is 5.58 Å². The normalized spacial score (nSPS) is 11.4. The molecule has 3 heteroatoms. The van der Waals surface area contributed by atoms with E-state index in [1.165, 1.54) is 22.3 Å². The Hall–Kier alpha value is -7.88. The number of hydrogen-bond donors (Lipinski definition) is 0. The summed E-state index contributed by atoms with van der Waals surface area (Å²) in [5.74, 6) is 0. The maximum Gasteiger partial charge on any atom is 0.161 e. The van der Waals surface area contributed by atoms with Crippen molar-refractivity contribution in [3.63, 3.8) is 0 Å². The first kappa shape index (κ1) is 34.4. The Bertz CT molecular complexity index is 3220. The van der Waals surface area contributed by atoms with Gasteiger partial charge in [0.1, 0.15) is 11.1 Å². The predicted octanol–water partition coefficient (Wildman–Crippen LogP) is 15.7. The van der Waals surface area contributed by atoms with Crippen LogP contribution in [0.5, 0.6) is 0 Å². The highest BCUT2D eigenvalue weighted by Crippen LogP contribution is 2.45. The molecule has 0 aliphatic heterocycles. The van der Waals surface area contributed by atoms with Crippen molar-refractivity contribution < 1.29 is 4.42 Å². The number of fused-ring (bicyclic) bond motifs is 5. The highest BCUT2D eigenvalue weighted by Gasteiger charge is 2.22. The Morgan fingerprint density at radius 3 is 1.44 bits per heavy atom. The second kappa shape index (κ2) is 14.6. The molecule has 0 fully saturated rings. The molecule has 2 aromatic heterocycles. The Morgan fingerprint density at radius 2 is 0.780 bits per heavy atom. The third kappa shape index (κ3) is 6.08. The zero-order valence-corrected chi connectivity index (χ0v) is 32.2. The van der Waals surface area contributed by atoms with Crippen molar-refractivity contribution in [1.29, 1.82) is 0 Å². The molecule has 59 heavy (non-hydrogen) atoms. The number of benzene rings is 9. The molecule has 0 saturated heterocycles. The van der Waals surface area contributed by atoms with Crippen LogP contribution in [-0.4, -0.2) is 4.57 Å². The molecule has 9 aromatic carbocycles. The van der Waals surface area contributed by atoms with Crippen molar-refractivity contribution in [3.05, 3.63) is 231 Å². The van der Waals surface area contributed by atoms with Crippen molar-refractivity contribution in [2.45, 2.75) is 0 Å². The summed E-state index contributed by atoms with van der Waals surface area (Å²) < 4.78 is 9.22. The molecule has 0 atom stereocenters. The summed E-state index contributed by atoms with van der Waals surface area (Å²) in [6.07, 6.45) is 0. The second-order valence-electron chi connectivity index (χ2n) is 14.9. The summed E-state index contributed by atoms with van der Waals surface area (Å²) in [5.41, 5.74) is 17.6. The lowest BCUT2D eigenvalue weighted by Crippen LogP contribution is -2.11. The number of anilines is 3. The van der Waals surface area contributed by atoms with Gasteiger partial charge < -0.3 is 13.9 Å². The molecular formula is C56H38N2O. The lowest BCUT2D eigenvalue weighted by atomic mass is 9.98. The van der Waals surface area contributed by atoms with E-state index in [0.717, 1.165) is 78.0 Å². The van der Waals surface area contributed by atoms with Gasteiger partial charge in [-0.2, -0.15) is 0 Å². The Labute approximate surface area is 343 Å². The lowest BCUT2D eigenvalue weighted by molar-refractivity contribution is 0.674. The standard InChI is InChI=1S/C56H38N2O/c1-4-15-39(16-5-1)41-27-29-43(30-28-41)48-21-10-12-25-52(48)57(46-35-31-42(32-36-46)40-17-6-2-7-18-40)47-37-33-44(34-38-47)49-23-14-24-51-54-56(59-55(49)51)50-22-11-13-26-53(50)58(54)45-19-8-3-9-20-45/h1-38H. The van der Waals surface area contributed by atoms with E-state index in [4.69, 9.17) is 4.42 Å². The number of furan rings is 1. The van der Waals surface area contributed by atoms with E-state index in [1.54, 1.807) is 0 Å². The van der Waals surface area contributed by atoms with Crippen molar-refractivity contribution in [2.75, 3.05) is 4.90 Å². The molecule has 0 radical (unpaired) electrons. The van der Waals surface area contributed by atoms with E-state index in [-0.39, 0.29) is 0 Å². The third-order valence-corrected chi connectivity index (χ3v) is 11.4. The number of rotatable bonds is 8. The first-order valence-electron chi connectivity index (χ1n) is 20.1. The zero-order chi connectivity index (χ0) is 39.1. The van der Waals surface area contributed by atoms with Crippen molar-refractivity contribution in [3.8, 4) is 50.2 Å². The quantitative estimate of drug-likeness (QED) is 0.154. The molecule has 11 rings (SSSR count). The van der Waals surface area contributed by atoms with Gasteiger partial charge in [-0.25, -0.2) is 0 Å². The van der Waals surface area contributed by atoms with Crippen molar-refractivity contribution in [1.82, 2.24) is 4.57 Å². The average Bonchev–Trinajstić information content (AvgIpc) is 3.86. The molecule has 0 spiro atoms. The van der Waals surface area contributed by atoms with Crippen LogP contribution in [0.1, 0.15) is 0 Å². The largest absolute Gasteiger partial charge is 0.453 e. The van der Waals surface area contributed by atoms with Crippen LogP contribution < -0.4 is 4.90 Å². The third-order valence-electron chi connectivity index (χ3n) is 11.4. The van der Waals surface area contributed by atoms with E-state index < -0.39 is 0 Å². The zero-order valence-electron chi connectivity index (χ0n) is 32.2. The van der Waals surface area contributed by atoms with Gasteiger partial charge in [0, 0.05) is 39.0 Å². The molecule has 0 bridgehead atoms. The highest BCUT2D eigenvalue weighted by atomic mass is 16.3. The van der Waals surface area contributed by atoms with Crippen LogP contribution in [0.15, 0.2) is 235 Å². The van der Waals surface area contributed by atoms with Crippen molar-refractivity contribution >= 4 is 50.0 Å². The molecule has 0 aliphatic carbocycles. The average molecular weight is 755 g/mol. The summed E-state index contributed by atoms with van der Waals surface area (Å²) in [4.78, 5) is 2.37. The highest BCUT2D eigenvalue weighted by molar-refractivity contribution is 6.18. The first-order valence-corrected chi connectivity index (χ1v) is 20.1. The molecule has 278 valence electrons. The maximum atomic E-state index is 6.89. The van der Waals surface area contributed by atoms with E-state index in [0.29, 0.717) is 0 Å². The second-order valence-corrected chi connectivity index (χ2v) is 14.9. The van der Waals surface area contributed by atoms with Crippen LogP contribution in [0.3, 0.4) is 0 Å². The monoisotopic (exact) mass is 754 g/mol. The lowest BCUT2D eigenvalue weighted by Gasteiger charge is -2.28. The summed E-state index contributed by atoms with van der Waals surface area (Å²) in [5, 5.41) is 2.19. The van der Waals surface area contributed by atoms with Crippen LogP contribution in [0.25, 0.3) is 83.2 Å². The molecule has 0 unspecified atom stereocenters. The fourth-order valence-electron chi connectivity index (χ4n) is 8.60. The maximum absolute atomic E-state index is 6.89. The van der Waals surface area contributed by atoms with Crippen LogP contribution in [0, 0.1) is 0 Å². The summed E-state index contributed by atoms with van der Waals surface area (Å²) in [7, 11) is 0. The fourth-order valence-corrected chi connectivity index (χ4v) is 8.60. The van der Waals surface area contributed by atoms with Gasteiger partial charge in [-0.15, -0.1) is 0 Å². The predicted molar refractivity (Wildman–Crippen MR) is 247 cm³/mol. The van der Waals surface area contributed by atoms with Crippen molar-refractivity contribution in [2.24, 2.45) is 0 Å². The summed E-state index contributed by atoms with van der Waals surface area (Å²) in [6, 6.07) is 82.1. The van der Waals surface area contributed by atoms with Gasteiger partial charge >= 0.3 is 0 Å². The Morgan fingerprint density at radius 1 is 0.322 bits per heavy atom. The summed E-state index contributed by atoms with van der Waals surface area (Å²) >= 11 is 0. The smallest absolute Gasteiger partial charge is 0.161 e. The fraction of sp³-hybridized carbons (Fsp3) is 0. The SMILES string of the molecule is c1ccc(-c2ccc(-c3ccccc3N(c3ccc(-c4ccccc4)cc3)c3ccc(-c4cccc5c4oc4c6ccccc6n(-c6ccccc6)c54)cc3)cc2)cc1. The molecular weight excluding hydrogens is 717 g/mol. The van der Waals surface area contributed by atoms with Gasteiger partial charge in [-0.3, -0.25) is 0 Å². The number of aromatic nitrogens is 1. The molecule has 0 N–H and O–H groups in total. The molecule has 2 heterocycles. The molecule has 0 aliphatic rings. The summed E-state index contributed by atoms with van der Waals surface area (Å²) in [6.45, 7) is 0. The van der Waals surface area contributed by atoms with Crippen LogP contribution in [-0.2, 0) is 0 Å². The number of hydrogen-bond acceptors (Lipinski definition) is 2. The van der Waals surface area contributed by atoms with Gasteiger partial charge in [-0.1, -0.05) is 170 Å². The van der Waals surface area contributed by atoms with Gasteiger partial charge in [0.2, 0.25) is 0 Å². The minimum absolute atomic E-state index is 0.887.